The molecule has 2 N–H and O–H groups in total. The van der Waals surface area contributed by atoms with E-state index in [0.717, 1.165) is 37.6 Å². The van der Waals surface area contributed by atoms with Crippen molar-refractivity contribution in [2.24, 2.45) is 5.73 Å². The number of nitrogens with zero attached hydrogens (tertiary/aromatic N) is 1. The molecule has 1 fully saturated rings. The van der Waals surface area contributed by atoms with Gasteiger partial charge in [0.15, 0.2) is 0 Å². The van der Waals surface area contributed by atoms with Gasteiger partial charge in [-0.15, -0.1) is 0 Å². The van der Waals surface area contributed by atoms with E-state index in [9.17, 15) is 4.21 Å². The Balaban J connectivity index is 2.05. The standard InChI is InChI=1S/C9H20N2OS/c1-9(10)3-2-4-11-5-7-13(12)8-6-11/h9H,2-8,10H2,1H3. The summed E-state index contributed by atoms with van der Waals surface area (Å²) in [5.41, 5.74) is 5.66. The molecule has 3 nitrogen and oxygen atoms in total. The summed E-state index contributed by atoms with van der Waals surface area (Å²) in [5.74, 6) is 1.72. The smallest absolute Gasteiger partial charge is 0.0363 e. The highest BCUT2D eigenvalue weighted by molar-refractivity contribution is 7.85. The van der Waals surface area contributed by atoms with E-state index in [1.165, 1.54) is 6.42 Å². The van der Waals surface area contributed by atoms with Crippen LogP contribution < -0.4 is 5.73 Å². The zero-order valence-electron chi connectivity index (χ0n) is 8.37. The van der Waals surface area contributed by atoms with Gasteiger partial charge in [-0.05, 0) is 26.3 Å². The monoisotopic (exact) mass is 204 g/mol. The summed E-state index contributed by atoms with van der Waals surface area (Å²) >= 11 is 0. The van der Waals surface area contributed by atoms with Crippen LogP contribution in [0.25, 0.3) is 0 Å². The SMILES string of the molecule is CC(N)CCCN1CCS(=O)CC1. The summed E-state index contributed by atoms with van der Waals surface area (Å²) in [5, 5.41) is 0. The van der Waals surface area contributed by atoms with Gasteiger partial charge in [-0.25, -0.2) is 0 Å². The fraction of sp³-hybridized carbons (Fsp3) is 1.00. The van der Waals surface area contributed by atoms with Gasteiger partial charge in [0.05, 0.1) is 0 Å². The predicted octanol–water partition coefficient (Wildman–Crippen LogP) is 0.178. The molecule has 0 amide bonds. The van der Waals surface area contributed by atoms with Crippen LogP contribution in [0.4, 0.5) is 0 Å². The first-order valence-electron chi connectivity index (χ1n) is 5.01. The molecule has 0 bridgehead atoms. The second-order valence-corrected chi connectivity index (χ2v) is 5.51. The van der Waals surface area contributed by atoms with Gasteiger partial charge in [0, 0.05) is 41.4 Å². The van der Waals surface area contributed by atoms with Crippen LogP contribution in [0, 0.1) is 0 Å². The fourth-order valence-corrected chi connectivity index (χ4v) is 2.66. The van der Waals surface area contributed by atoms with Crippen molar-refractivity contribution in [1.82, 2.24) is 4.90 Å². The predicted molar refractivity (Wildman–Crippen MR) is 57.2 cm³/mol. The molecule has 0 spiro atoms. The maximum atomic E-state index is 11.1. The minimum Gasteiger partial charge on any atom is -0.328 e. The van der Waals surface area contributed by atoms with Crippen molar-refractivity contribution in [3.05, 3.63) is 0 Å². The first-order valence-corrected chi connectivity index (χ1v) is 6.50. The molecule has 1 atom stereocenters. The van der Waals surface area contributed by atoms with Gasteiger partial charge in [0.2, 0.25) is 0 Å². The molecule has 1 aliphatic rings. The summed E-state index contributed by atoms with van der Waals surface area (Å²) in [6.45, 7) is 5.18. The topological polar surface area (TPSA) is 46.3 Å². The largest absolute Gasteiger partial charge is 0.328 e. The molecule has 13 heavy (non-hydrogen) atoms. The summed E-state index contributed by atoms with van der Waals surface area (Å²) in [4.78, 5) is 2.39. The molecule has 0 aromatic carbocycles. The van der Waals surface area contributed by atoms with Crippen LogP contribution in [0.2, 0.25) is 0 Å². The number of nitrogens with two attached hydrogens (primary N) is 1. The lowest BCUT2D eigenvalue weighted by atomic mass is 10.2. The lowest BCUT2D eigenvalue weighted by Crippen LogP contribution is -2.38. The van der Waals surface area contributed by atoms with Crippen LogP contribution in [0.5, 0.6) is 0 Å². The third kappa shape index (κ3) is 4.74. The highest BCUT2D eigenvalue weighted by atomic mass is 32.2. The molecule has 1 aliphatic heterocycles. The van der Waals surface area contributed by atoms with Gasteiger partial charge in [-0.2, -0.15) is 0 Å². The molecule has 0 aromatic rings. The minimum atomic E-state index is -0.542. The highest BCUT2D eigenvalue weighted by Gasteiger charge is 2.14. The summed E-state index contributed by atoms with van der Waals surface area (Å²) in [6.07, 6.45) is 2.27. The average Bonchev–Trinajstić information content (AvgIpc) is 2.08. The van der Waals surface area contributed by atoms with Crippen LogP contribution in [-0.2, 0) is 10.8 Å². The first-order chi connectivity index (χ1) is 6.18. The Morgan fingerprint density at radius 3 is 2.62 bits per heavy atom. The van der Waals surface area contributed by atoms with Gasteiger partial charge in [0.25, 0.3) is 0 Å². The lowest BCUT2D eigenvalue weighted by Gasteiger charge is -2.26. The van der Waals surface area contributed by atoms with Crippen LogP contribution in [0.1, 0.15) is 19.8 Å². The van der Waals surface area contributed by atoms with Crippen molar-refractivity contribution < 1.29 is 4.21 Å². The Bertz CT molecular complexity index is 163. The zero-order valence-corrected chi connectivity index (χ0v) is 9.18. The van der Waals surface area contributed by atoms with E-state index >= 15 is 0 Å². The summed E-state index contributed by atoms with van der Waals surface area (Å²) in [6, 6.07) is 0.318. The number of hydrogen-bond donors (Lipinski definition) is 1. The van der Waals surface area contributed by atoms with Crippen LogP contribution in [0.3, 0.4) is 0 Å². The van der Waals surface area contributed by atoms with Crippen molar-refractivity contribution in [1.29, 1.82) is 0 Å². The molecular formula is C9H20N2OS. The fourth-order valence-electron chi connectivity index (χ4n) is 1.54. The molecule has 0 saturated carbocycles. The maximum Gasteiger partial charge on any atom is 0.0363 e. The molecular weight excluding hydrogens is 184 g/mol. The van der Waals surface area contributed by atoms with Gasteiger partial charge in [0.1, 0.15) is 0 Å². The quantitative estimate of drug-likeness (QED) is 0.710. The normalized spacial score (nSPS) is 23.2. The van der Waals surface area contributed by atoms with E-state index in [-0.39, 0.29) is 0 Å². The second-order valence-electron chi connectivity index (χ2n) is 3.81. The van der Waals surface area contributed by atoms with E-state index < -0.39 is 10.8 Å². The van der Waals surface area contributed by atoms with Crippen molar-refractivity contribution in [3.8, 4) is 0 Å². The Hall–Kier alpha value is 0.0700. The number of rotatable bonds is 4. The van der Waals surface area contributed by atoms with Crippen molar-refractivity contribution in [2.45, 2.75) is 25.8 Å². The molecule has 0 radical (unpaired) electrons. The maximum absolute atomic E-state index is 11.1. The second kappa shape index (κ2) is 5.73. The van der Waals surface area contributed by atoms with E-state index in [1.54, 1.807) is 0 Å². The first kappa shape index (κ1) is 11.1. The molecule has 1 unspecified atom stereocenters. The summed E-state index contributed by atoms with van der Waals surface area (Å²) in [7, 11) is -0.542. The van der Waals surface area contributed by atoms with Crippen molar-refractivity contribution >= 4 is 10.8 Å². The molecule has 4 heteroatoms. The molecule has 0 aliphatic carbocycles. The Morgan fingerprint density at radius 2 is 2.08 bits per heavy atom. The molecule has 1 heterocycles. The average molecular weight is 204 g/mol. The van der Waals surface area contributed by atoms with E-state index in [1.807, 2.05) is 6.92 Å². The van der Waals surface area contributed by atoms with E-state index in [4.69, 9.17) is 5.73 Å². The van der Waals surface area contributed by atoms with Gasteiger partial charge < -0.3 is 10.6 Å². The van der Waals surface area contributed by atoms with Crippen molar-refractivity contribution in [3.63, 3.8) is 0 Å². The Morgan fingerprint density at radius 1 is 1.46 bits per heavy atom. The molecule has 78 valence electrons. The van der Waals surface area contributed by atoms with Gasteiger partial charge in [-0.1, -0.05) is 0 Å². The van der Waals surface area contributed by atoms with Crippen LogP contribution in [-0.4, -0.2) is 46.3 Å². The molecule has 0 aromatic heterocycles. The van der Waals surface area contributed by atoms with Gasteiger partial charge in [-0.3, -0.25) is 4.21 Å². The minimum absolute atomic E-state index is 0.318. The molecule has 1 saturated heterocycles. The molecule has 1 rings (SSSR count). The van der Waals surface area contributed by atoms with Gasteiger partial charge >= 0.3 is 0 Å². The van der Waals surface area contributed by atoms with Crippen molar-refractivity contribution in [2.75, 3.05) is 31.1 Å². The Kier molecular flexibility index (Phi) is 4.91. The summed E-state index contributed by atoms with van der Waals surface area (Å²) < 4.78 is 11.1. The van der Waals surface area contributed by atoms with E-state index in [0.29, 0.717) is 6.04 Å². The van der Waals surface area contributed by atoms with Crippen LogP contribution >= 0.6 is 0 Å². The van der Waals surface area contributed by atoms with Crippen LogP contribution in [0.15, 0.2) is 0 Å². The Labute approximate surface area is 83.1 Å². The third-order valence-corrected chi connectivity index (χ3v) is 3.68. The lowest BCUT2D eigenvalue weighted by molar-refractivity contribution is 0.290. The van der Waals surface area contributed by atoms with E-state index in [2.05, 4.69) is 4.90 Å². The highest BCUT2D eigenvalue weighted by Crippen LogP contribution is 2.03. The third-order valence-electron chi connectivity index (χ3n) is 2.40. The zero-order chi connectivity index (χ0) is 9.68. The number of hydrogen-bond acceptors (Lipinski definition) is 3.